The van der Waals surface area contributed by atoms with Gasteiger partial charge in [-0.1, -0.05) is 48.0 Å². The van der Waals surface area contributed by atoms with Crippen molar-refractivity contribution in [3.05, 3.63) is 46.2 Å². The highest BCUT2D eigenvalue weighted by Gasteiger charge is 2.08. The van der Waals surface area contributed by atoms with Crippen LogP contribution in [0.4, 0.5) is 11.6 Å². The minimum absolute atomic E-state index is 0.243. The Balaban J connectivity index is 2.17. The van der Waals surface area contributed by atoms with E-state index in [1.54, 1.807) is 6.07 Å². The maximum absolute atomic E-state index is 5.44. The van der Waals surface area contributed by atoms with Crippen LogP contribution in [0.15, 0.2) is 34.8 Å². The molecule has 1 heterocycles. The Hall–Kier alpha value is -1.66. The molecule has 0 saturated carbocycles. The molecule has 0 unspecified atom stereocenters. The van der Waals surface area contributed by atoms with Crippen molar-refractivity contribution < 1.29 is 0 Å². The quantitative estimate of drug-likeness (QED) is 0.577. The molecule has 20 heavy (non-hydrogen) atoms. The van der Waals surface area contributed by atoms with Crippen LogP contribution in [-0.4, -0.2) is 9.97 Å². The van der Waals surface area contributed by atoms with Gasteiger partial charge in [-0.3, -0.25) is 0 Å². The fourth-order valence-corrected chi connectivity index (χ4v) is 2.14. The number of anilines is 2. The zero-order valence-corrected chi connectivity index (χ0v) is 13.1. The lowest BCUT2D eigenvalue weighted by Gasteiger charge is -2.12. The minimum Gasteiger partial charge on any atom is -0.366 e. The van der Waals surface area contributed by atoms with E-state index in [4.69, 9.17) is 5.84 Å². The van der Waals surface area contributed by atoms with Crippen molar-refractivity contribution in [2.24, 2.45) is 5.84 Å². The number of nitrogen functional groups attached to an aromatic ring is 1. The molecule has 4 N–H and O–H groups in total. The van der Waals surface area contributed by atoms with E-state index >= 15 is 0 Å². The van der Waals surface area contributed by atoms with Gasteiger partial charge in [0.25, 0.3) is 0 Å². The van der Waals surface area contributed by atoms with Crippen LogP contribution in [0, 0.1) is 0 Å². The highest BCUT2D eigenvalue weighted by molar-refractivity contribution is 9.10. The number of halogens is 1. The maximum atomic E-state index is 5.44. The Kier molecular flexibility index (Phi) is 4.92. The van der Waals surface area contributed by atoms with Gasteiger partial charge in [-0.2, -0.15) is 0 Å². The van der Waals surface area contributed by atoms with E-state index in [0.29, 0.717) is 12.4 Å². The molecule has 6 heteroatoms. The molecule has 106 valence electrons. The first-order valence-electron chi connectivity index (χ1n) is 6.43. The predicted molar refractivity (Wildman–Crippen MR) is 85.4 cm³/mol. The molecule has 0 fully saturated rings. The molecule has 5 nitrogen and oxygen atoms in total. The van der Waals surface area contributed by atoms with Crippen LogP contribution >= 0.6 is 15.9 Å². The molecule has 2 rings (SSSR count). The summed E-state index contributed by atoms with van der Waals surface area (Å²) in [6.07, 6.45) is 0. The smallest absolute Gasteiger partial charge is 0.145 e. The average molecular weight is 336 g/mol. The lowest BCUT2D eigenvalue weighted by Crippen LogP contribution is -2.13. The molecule has 0 atom stereocenters. The third-order valence-electron chi connectivity index (χ3n) is 2.83. The van der Waals surface area contributed by atoms with E-state index < -0.39 is 0 Å². The molecule has 0 aliphatic rings. The number of nitrogens with zero attached hydrogens (tertiary/aromatic N) is 2. The highest BCUT2D eigenvalue weighted by atomic mass is 79.9. The van der Waals surface area contributed by atoms with Crippen LogP contribution in [0.3, 0.4) is 0 Å². The molecule has 0 bridgehead atoms. The van der Waals surface area contributed by atoms with Gasteiger partial charge in [-0.05, 0) is 11.6 Å². The third kappa shape index (κ3) is 3.68. The van der Waals surface area contributed by atoms with Gasteiger partial charge >= 0.3 is 0 Å². The molecule has 0 aliphatic carbocycles. The second-order valence-electron chi connectivity index (χ2n) is 4.74. The number of hydrogen-bond donors (Lipinski definition) is 3. The Morgan fingerprint density at radius 3 is 2.55 bits per heavy atom. The van der Waals surface area contributed by atoms with Gasteiger partial charge in [0, 0.05) is 23.0 Å². The number of hydrogen-bond acceptors (Lipinski definition) is 5. The summed E-state index contributed by atoms with van der Waals surface area (Å²) >= 11 is 3.53. The van der Waals surface area contributed by atoms with Gasteiger partial charge in [0.05, 0.1) is 0 Å². The number of rotatable bonds is 5. The van der Waals surface area contributed by atoms with Crippen molar-refractivity contribution in [3.63, 3.8) is 0 Å². The summed E-state index contributed by atoms with van der Waals surface area (Å²) in [5, 5.41) is 3.30. The topological polar surface area (TPSA) is 75.9 Å². The van der Waals surface area contributed by atoms with Crippen LogP contribution < -0.4 is 16.6 Å². The fraction of sp³-hybridized carbons (Fsp3) is 0.286. The summed E-state index contributed by atoms with van der Waals surface area (Å²) < 4.78 is 1.07. The summed E-state index contributed by atoms with van der Waals surface area (Å²) in [5.74, 6) is 7.81. The summed E-state index contributed by atoms with van der Waals surface area (Å²) in [6.45, 7) is 4.78. The molecular weight excluding hydrogens is 318 g/mol. The van der Waals surface area contributed by atoms with E-state index in [-0.39, 0.29) is 5.92 Å². The number of aromatic nitrogens is 2. The zero-order chi connectivity index (χ0) is 14.5. The molecule has 1 aromatic carbocycles. The van der Waals surface area contributed by atoms with Crippen LogP contribution in [-0.2, 0) is 6.54 Å². The molecule has 0 saturated heterocycles. The first-order valence-corrected chi connectivity index (χ1v) is 7.22. The second kappa shape index (κ2) is 6.67. The van der Waals surface area contributed by atoms with Gasteiger partial charge in [-0.15, -0.1) is 0 Å². The van der Waals surface area contributed by atoms with E-state index in [0.717, 1.165) is 16.1 Å². The van der Waals surface area contributed by atoms with Crippen LogP contribution in [0.2, 0.25) is 0 Å². The van der Waals surface area contributed by atoms with Gasteiger partial charge in [0.1, 0.15) is 17.5 Å². The van der Waals surface area contributed by atoms with Crippen molar-refractivity contribution in [1.29, 1.82) is 0 Å². The van der Waals surface area contributed by atoms with Crippen LogP contribution in [0.5, 0.6) is 0 Å². The summed E-state index contributed by atoms with van der Waals surface area (Å²) in [4.78, 5) is 8.82. The van der Waals surface area contributed by atoms with Gasteiger partial charge in [0.15, 0.2) is 0 Å². The molecule has 2 aromatic rings. The first-order chi connectivity index (χ1) is 9.60. The van der Waals surface area contributed by atoms with Crippen molar-refractivity contribution >= 4 is 27.6 Å². The number of benzene rings is 1. The minimum atomic E-state index is 0.243. The highest BCUT2D eigenvalue weighted by Crippen LogP contribution is 2.19. The van der Waals surface area contributed by atoms with Crippen LogP contribution in [0.25, 0.3) is 0 Å². The van der Waals surface area contributed by atoms with E-state index in [2.05, 4.69) is 42.7 Å². The molecule has 0 spiro atoms. The Labute approximate surface area is 127 Å². The Morgan fingerprint density at radius 1 is 1.20 bits per heavy atom. The lowest BCUT2D eigenvalue weighted by atomic mass is 10.2. The van der Waals surface area contributed by atoms with Crippen molar-refractivity contribution in [3.8, 4) is 0 Å². The van der Waals surface area contributed by atoms with E-state index in [9.17, 15) is 0 Å². The molecule has 0 amide bonds. The average Bonchev–Trinajstić information content (AvgIpc) is 2.46. The number of nitrogens with two attached hydrogens (primary N) is 1. The third-order valence-corrected chi connectivity index (χ3v) is 3.60. The van der Waals surface area contributed by atoms with E-state index in [1.807, 2.05) is 32.0 Å². The molecule has 0 aliphatic heterocycles. The van der Waals surface area contributed by atoms with Gasteiger partial charge in [-0.25, -0.2) is 15.8 Å². The Morgan fingerprint density at radius 2 is 1.90 bits per heavy atom. The zero-order valence-electron chi connectivity index (χ0n) is 11.5. The second-order valence-corrected chi connectivity index (χ2v) is 5.59. The maximum Gasteiger partial charge on any atom is 0.145 e. The number of nitrogens with one attached hydrogen (secondary N) is 2. The summed E-state index contributed by atoms with van der Waals surface area (Å²) in [5.41, 5.74) is 3.74. The Bertz CT molecular complexity index is 586. The first kappa shape index (κ1) is 14.7. The normalized spacial score (nSPS) is 10.7. The monoisotopic (exact) mass is 335 g/mol. The predicted octanol–water partition coefficient (Wildman–Crippen LogP) is 3.26. The SMILES string of the molecule is CC(C)c1nc(NN)cc(NCc2ccccc2Br)n1. The van der Waals surface area contributed by atoms with Crippen LogP contribution in [0.1, 0.15) is 31.2 Å². The molecule has 0 radical (unpaired) electrons. The molecule has 1 aromatic heterocycles. The van der Waals surface area contributed by atoms with Crippen molar-refractivity contribution in [2.45, 2.75) is 26.3 Å². The fourth-order valence-electron chi connectivity index (χ4n) is 1.72. The van der Waals surface area contributed by atoms with E-state index in [1.165, 1.54) is 5.56 Å². The van der Waals surface area contributed by atoms with Crippen molar-refractivity contribution in [2.75, 3.05) is 10.7 Å². The van der Waals surface area contributed by atoms with Gasteiger partial charge < -0.3 is 10.7 Å². The summed E-state index contributed by atoms with van der Waals surface area (Å²) in [6, 6.07) is 9.87. The van der Waals surface area contributed by atoms with Gasteiger partial charge in [0.2, 0.25) is 0 Å². The largest absolute Gasteiger partial charge is 0.366 e. The number of hydrazine groups is 1. The van der Waals surface area contributed by atoms with Crippen molar-refractivity contribution in [1.82, 2.24) is 9.97 Å². The lowest BCUT2D eigenvalue weighted by molar-refractivity contribution is 0.775. The molecular formula is C14H18BrN5. The standard InChI is InChI=1S/C14H18BrN5/c1-9(2)14-18-12(7-13(19-14)20-16)17-8-10-5-3-4-6-11(10)15/h3-7,9H,8,16H2,1-2H3,(H2,17,18,19,20). The summed E-state index contributed by atoms with van der Waals surface area (Å²) in [7, 11) is 0.